The van der Waals surface area contributed by atoms with Crippen LogP contribution in [0.4, 0.5) is 0 Å². The van der Waals surface area contributed by atoms with Gasteiger partial charge in [-0.05, 0) is 38.0 Å². The second-order valence-electron chi connectivity index (χ2n) is 8.15. The van der Waals surface area contributed by atoms with Gasteiger partial charge in [0.15, 0.2) is 0 Å². The van der Waals surface area contributed by atoms with Gasteiger partial charge in [0.25, 0.3) is 0 Å². The number of nitrogens with two attached hydrogens (primary N) is 1. The van der Waals surface area contributed by atoms with Crippen LogP contribution < -0.4 is 5.73 Å². The van der Waals surface area contributed by atoms with Crippen molar-refractivity contribution in [3.8, 4) is 0 Å². The van der Waals surface area contributed by atoms with E-state index in [0.29, 0.717) is 12.0 Å². The van der Waals surface area contributed by atoms with Crippen LogP contribution in [0.15, 0.2) is 17.3 Å². The van der Waals surface area contributed by atoms with Gasteiger partial charge in [-0.25, -0.2) is 0 Å². The largest absolute Gasteiger partial charge is 0.369 e. The molecule has 1 aromatic heterocycles. The average molecular weight is 330 g/mol. The molecule has 0 unspecified atom stereocenters. The number of aromatic nitrogens is 2. The number of fused-ring (bicyclic) bond motifs is 1. The van der Waals surface area contributed by atoms with E-state index in [1.807, 2.05) is 13.2 Å². The molecule has 2 heterocycles. The first-order valence-electron chi connectivity index (χ1n) is 9.01. The summed E-state index contributed by atoms with van der Waals surface area (Å²) in [5.41, 5.74) is 11.1. The molecule has 5 nitrogen and oxygen atoms in total. The Hall–Kier alpha value is -1.62. The number of primary amides is 1. The maximum absolute atomic E-state index is 11.9. The molecule has 1 aliphatic carbocycles. The molecule has 0 radical (unpaired) electrons. The fourth-order valence-corrected chi connectivity index (χ4v) is 4.51. The van der Waals surface area contributed by atoms with Crippen molar-refractivity contribution >= 4 is 5.91 Å². The maximum Gasteiger partial charge on any atom is 0.227 e. The molecule has 3 rings (SSSR count). The molecule has 0 saturated carbocycles. The van der Waals surface area contributed by atoms with Gasteiger partial charge in [0, 0.05) is 38.4 Å². The summed E-state index contributed by atoms with van der Waals surface area (Å²) >= 11 is 0. The Kier molecular flexibility index (Phi) is 4.56. The Morgan fingerprint density at radius 2 is 2.21 bits per heavy atom. The van der Waals surface area contributed by atoms with Crippen LogP contribution in [0, 0.1) is 5.41 Å². The summed E-state index contributed by atoms with van der Waals surface area (Å²) in [7, 11) is 1.90. The minimum absolute atomic E-state index is 0.270. The Balaban J connectivity index is 1.74. The lowest BCUT2D eigenvalue weighted by Crippen LogP contribution is -2.40. The zero-order valence-electron chi connectivity index (χ0n) is 15.4. The van der Waals surface area contributed by atoms with Crippen molar-refractivity contribution in [1.29, 1.82) is 0 Å². The summed E-state index contributed by atoms with van der Waals surface area (Å²) in [6, 6.07) is 0. The van der Waals surface area contributed by atoms with E-state index in [-0.39, 0.29) is 11.8 Å². The van der Waals surface area contributed by atoms with E-state index in [0.717, 1.165) is 30.8 Å². The van der Waals surface area contributed by atoms with E-state index >= 15 is 0 Å². The molecule has 24 heavy (non-hydrogen) atoms. The zero-order chi connectivity index (χ0) is 17.5. The SMILES string of the molecule is CC1=C(CCN2Cc3cn(C)nc3[C@@H](C(N)=O)C2)C(C)(C)CCC1. The van der Waals surface area contributed by atoms with Gasteiger partial charge in [0.1, 0.15) is 0 Å². The Bertz CT molecular complexity index is 671. The summed E-state index contributed by atoms with van der Waals surface area (Å²) in [5.74, 6) is -0.558. The first-order chi connectivity index (χ1) is 11.3. The van der Waals surface area contributed by atoms with Crippen molar-refractivity contribution in [3.05, 3.63) is 28.6 Å². The molecular formula is C19H30N4O. The molecule has 2 aliphatic rings. The number of carbonyl (C=O) groups excluding carboxylic acids is 1. The van der Waals surface area contributed by atoms with Crippen LogP contribution in [-0.4, -0.2) is 33.7 Å². The number of allylic oxidation sites excluding steroid dienone is 1. The number of nitrogens with zero attached hydrogens (tertiary/aromatic N) is 3. The molecule has 1 amide bonds. The van der Waals surface area contributed by atoms with Crippen LogP contribution in [0.3, 0.4) is 0 Å². The van der Waals surface area contributed by atoms with E-state index in [4.69, 9.17) is 5.73 Å². The highest BCUT2D eigenvalue weighted by Gasteiger charge is 2.33. The number of hydrogen-bond donors (Lipinski definition) is 1. The van der Waals surface area contributed by atoms with E-state index < -0.39 is 0 Å². The molecule has 1 atom stereocenters. The van der Waals surface area contributed by atoms with Gasteiger partial charge < -0.3 is 5.73 Å². The van der Waals surface area contributed by atoms with Gasteiger partial charge in [-0.15, -0.1) is 0 Å². The second-order valence-corrected chi connectivity index (χ2v) is 8.15. The van der Waals surface area contributed by atoms with Crippen molar-refractivity contribution < 1.29 is 4.79 Å². The molecule has 1 aromatic rings. The Labute approximate surface area is 144 Å². The van der Waals surface area contributed by atoms with Gasteiger partial charge in [-0.1, -0.05) is 25.0 Å². The fourth-order valence-electron chi connectivity index (χ4n) is 4.51. The predicted octanol–water partition coefficient (Wildman–Crippen LogP) is 2.72. The lowest BCUT2D eigenvalue weighted by atomic mass is 9.71. The monoisotopic (exact) mass is 330 g/mol. The Morgan fingerprint density at radius 1 is 1.46 bits per heavy atom. The van der Waals surface area contributed by atoms with Gasteiger partial charge in [0.05, 0.1) is 11.6 Å². The average Bonchev–Trinajstić information content (AvgIpc) is 2.85. The molecule has 0 bridgehead atoms. The first-order valence-corrected chi connectivity index (χ1v) is 9.01. The molecule has 0 saturated heterocycles. The number of rotatable bonds is 4. The summed E-state index contributed by atoms with van der Waals surface area (Å²) in [4.78, 5) is 14.2. The molecule has 2 N–H and O–H groups in total. The lowest BCUT2D eigenvalue weighted by molar-refractivity contribution is -0.120. The number of carbonyl (C=O) groups is 1. The summed E-state index contributed by atoms with van der Waals surface area (Å²) in [6.07, 6.45) is 6.91. The lowest BCUT2D eigenvalue weighted by Gasteiger charge is -2.37. The summed E-state index contributed by atoms with van der Waals surface area (Å²) in [6.45, 7) is 9.55. The summed E-state index contributed by atoms with van der Waals surface area (Å²) < 4.78 is 1.79. The van der Waals surface area contributed by atoms with E-state index in [1.54, 1.807) is 15.8 Å². The molecule has 0 aromatic carbocycles. The number of hydrogen-bond acceptors (Lipinski definition) is 3. The van der Waals surface area contributed by atoms with Gasteiger partial charge in [0.2, 0.25) is 5.91 Å². The minimum Gasteiger partial charge on any atom is -0.369 e. The van der Waals surface area contributed by atoms with Crippen LogP contribution in [0.1, 0.15) is 63.6 Å². The Morgan fingerprint density at radius 3 is 2.88 bits per heavy atom. The molecule has 0 fully saturated rings. The predicted molar refractivity (Wildman–Crippen MR) is 95.4 cm³/mol. The summed E-state index contributed by atoms with van der Waals surface area (Å²) in [5, 5.41) is 4.45. The molecule has 0 spiro atoms. The van der Waals surface area contributed by atoms with Crippen molar-refractivity contribution in [2.75, 3.05) is 13.1 Å². The maximum atomic E-state index is 11.9. The topological polar surface area (TPSA) is 64.2 Å². The van der Waals surface area contributed by atoms with Crippen molar-refractivity contribution in [2.45, 2.75) is 58.9 Å². The third-order valence-corrected chi connectivity index (χ3v) is 5.81. The molecular weight excluding hydrogens is 300 g/mol. The van der Waals surface area contributed by atoms with Crippen LogP contribution in [0.25, 0.3) is 0 Å². The number of amides is 1. The standard InChI is InChI=1S/C19H30N4O/c1-13-6-5-8-19(2,3)16(13)7-9-23-11-14-10-22(4)21-17(14)15(12-23)18(20)24/h10,15H,5-9,11-12H2,1-4H3,(H2,20,24)/t15-/m0/s1. The van der Waals surface area contributed by atoms with Crippen molar-refractivity contribution in [3.63, 3.8) is 0 Å². The smallest absolute Gasteiger partial charge is 0.227 e. The highest BCUT2D eigenvalue weighted by atomic mass is 16.1. The highest BCUT2D eigenvalue weighted by Crippen LogP contribution is 2.42. The van der Waals surface area contributed by atoms with Gasteiger partial charge in [-0.2, -0.15) is 5.10 Å². The van der Waals surface area contributed by atoms with Gasteiger partial charge in [-0.3, -0.25) is 14.4 Å². The zero-order valence-corrected chi connectivity index (χ0v) is 15.4. The van der Waals surface area contributed by atoms with E-state index in [1.165, 1.54) is 19.3 Å². The van der Waals surface area contributed by atoms with E-state index in [2.05, 4.69) is 30.8 Å². The van der Waals surface area contributed by atoms with Crippen LogP contribution in [0.2, 0.25) is 0 Å². The van der Waals surface area contributed by atoms with Crippen LogP contribution in [-0.2, 0) is 18.4 Å². The molecule has 5 heteroatoms. The van der Waals surface area contributed by atoms with Gasteiger partial charge >= 0.3 is 0 Å². The number of aryl methyl sites for hydroxylation is 1. The second kappa shape index (κ2) is 6.36. The van der Waals surface area contributed by atoms with E-state index in [9.17, 15) is 4.79 Å². The van der Waals surface area contributed by atoms with Crippen LogP contribution in [0.5, 0.6) is 0 Å². The van der Waals surface area contributed by atoms with Crippen molar-refractivity contribution in [2.24, 2.45) is 18.2 Å². The normalized spacial score (nSPS) is 24.1. The minimum atomic E-state index is -0.288. The van der Waals surface area contributed by atoms with Crippen LogP contribution >= 0.6 is 0 Å². The fraction of sp³-hybridized carbons (Fsp3) is 0.684. The third kappa shape index (κ3) is 3.27. The third-order valence-electron chi connectivity index (χ3n) is 5.81. The first kappa shape index (κ1) is 17.2. The highest BCUT2D eigenvalue weighted by molar-refractivity contribution is 5.82. The molecule has 132 valence electrons. The molecule has 1 aliphatic heterocycles. The quantitative estimate of drug-likeness (QED) is 0.863. The van der Waals surface area contributed by atoms with Crippen molar-refractivity contribution in [1.82, 2.24) is 14.7 Å².